The number of carbonyl (C=O) groups is 1. The van der Waals surface area contributed by atoms with E-state index in [9.17, 15) is 4.79 Å². The largest absolute Gasteiger partial charge is 0.460 e. The predicted octanol–water partition coefficient (Wildman–Crippen LogP) is 2.66. The molecule has 0 bridgehead atoms. The summed E-state index contributed by atoms with van der Waals surface area (Å²) in [7, 11) is 0. The molecule has 0 radical (unpaired) electrons. The van der Waals surface area contributed by atoms with Gasteiger partial charge in [0.25, 0.3) is 0 Å². The molecular formula is C14H21NO2. The fourth-order valence-electron chi connectivity index (χ4n) is 1.51. The molecule has 1 rings (SSSR count). The van der Waals surface area contributed by atoms with Gasteiger partial charge in [0.05, 0.1) is 5.92 Å². The molecule has 1 aromatic rings. The lowest BCUT2D eigenvalue weighted by molar-refractivity contribution is -0.160. The molecule has 0 heterocycles. The van der Waals surface area contributed by atoms with Gasteiger partial charge in [-0.3, -0.25) is 4.79 Å². The second-order valence-corrected chi connectivity index (χ2v) is 5.26. The highest BCUT2D eigenvalue weighted by Gasteiger charge is 2.27. The molecule has 0 amide bonds. The Hall–Kier alpha value is -1.35. The molecule has 0 aliphatic rings. The predicted molar refractivity (Wildman–Crippen MR) is 68.4 cm³/mol. The number of benzene rings is 1. The van der Waals surface area contributed by atoms with E-state index in [0.717, 1.165) is 5.56 Å². The van der Waals surface area contributed by atoms with Gasteiger partial charge < -0.3 is 10.5 Å². The van der Waals surface area contributed by atoms with Crippen LogP contribution < -0.4 is 5.73 Å². The maximum absolute atomic E-state index is 11.9. The van der Waals surface area contributed by atoms with Crippen molar-refractivity contribution in [3.8, 4) is 0 Å². The van der Waals surface area contributed by atoms with Gasteiger partial charge in [0.1, 0.15) is 5.60 Å². The molecule has 3 heteroatoms. The molecule has 0 aliphatic heterocycles. The Morgan fingerprint density at radius 3 is 2.24 bits per heavy atom. The first-order valence-electron chi connectivity index (χ1n) is 5.84. The maximum Gasteiger partial charge on any atom is 0.311 e. The second kappa shape index (κ2) is 5.32. The van der Waals surface area contributed by atoms with Crippen LogP contribution in [0.5, 0.6) is 0 Å². The van der Waals surface area contributed by atoms with Crippen LogP contribution in [0.2, 0.25) is 0 Å². The highest BCUT2D eigenvalue weighted by molar-refractivity contribution is 5.73. The number of hydrogen-bond donors (Lipinski definition) is 1. The first kappa shape index (κ1) is 13.7. The molecule has 2 atom stereocenters. The number of esters is 1. The van der Waals surface area contributed by atoms with Gasteiger partial charge in [-0.1, -0.05) is 37.3 Å². The van der Waals surface area contributed by atoms with Gasteiger partial charge in [0, 0.05) is 6.04 Å². The molecule has 0 saturated heterocycles. The Morgan fingerprint density at radius 1 is 1.24 bits per heavy atom. The number of rotatable bonds is 3. The molecule has 17 heavy (non-hydrogen) atoms. The second-order valence-electron chi connectivity index (χ2n) is 5.26. The molecule has 0 spiro atoms. The van der Waals surface area contributed by atoms with Crippen LogP contribution in [-0.2, 0) is 9.53 Å². The third-order valence-electron chi connectivity index (χ3n) is 2.50. The van der Waals surface area contributed by atoms with Crippen molar-refractivity contribution in [3.05, 3.63) is 35.9 Å². The van der Waals surface area contributed by atoms with Gasteiger partial charge in [0.2, 0.25) is 0 Å². The van der Waals surface area contributed by atoms with Crippen LogP contribution in [0.4, 0.5) is 0 Å². The van der Waals surface area contributed by atoms with Crippen LogP contribution >= 0.6 is 0 Å². The first-order chi connectivity index (χ1) is 7.81. The number of ether oxygens (including phenoxy) is 1. The Balaban J connectivity index is 2.70. The number of nitrogens with two attached hydrogens (primary N) is 1. The summed E-state index contributed by atoms with van der Waals surface area (Å²) in [4.78, 5) is 11.9. The van der Waals surface area contributed by atoms with Crippen molar-refractivity contribution in [2.45, 2.75) is 39.3 Å². The molecule has 0 unspecified atom stereocenters. The van der Waals surface area contributed by atoms with Gasteiger partial charge in [-0.2, -0.15) is 0 Å². The van der Waals surface area contributed by atoms with Crippen LogP contribution in [0.25, 0.3) is 0 Å². The van der Waals surface area contributed by atoms with Crippen molar-refractivity contribution in [1.29, 1.82) is 0 Å². The van der Waals surface area contributed by atoms with Crippen molar-refractivity contribution in [2.75, 3.05) is 0 Å². The van der Waals surface area contributed by atoms with E-state index in [-0.39, 0.29) is 17.9 Å². The molecule has 0 aliphatic carbocycles. The summed E-state index contributed by atoms with van der Waals surface area (Å²) < 4.78 is 5.32. The highest BCUT2D eigenvalue weighted by Crippen LogP contribution is 2.22. The van der Waals surface area contributed by atoms with Crippen molar-refractivity contribution < 1.29 is 9.53 Å². The minimum atomic E-state index is -0.470. The molecule has 3 nitrogen and oxygen atoms in total. The summed E-state index contributed by atoms with van der Waals surface area (Å²) in [5.74, 6) is -0.606. The Labute approximate surface area is 103 Å². The average Bonchev–Trinajstić information content (AvgIpc) is 2.26. The van der Waals surface area contributed by atoms with Crippen molar-refractivity contribution in [3.63, 3.8) is 0 Å². The van der Waals surface area contributed by atoms with E-state index < -0.39 is 5.60 Å². The van der Waals surface area contributed by atoms with Gasteiger partial charge in [-0.25, -0.2) is 0 Å². The van der Waals surface area contributed by atoms with Crippen molar-refractivity contribution >= 4 is 5.97 Å². The van der Waals surface area contributed by atoms with E-state index in [4.69, 9.17) is 10.5 Å². The fraction of sp³-hybridized carbons (Fsp3) is 0.500. The molecule has 0 saturated carbocycles. The van der Waals surface area contributed by atoms with Crippen LogP contribution in [0, 0.1) is 5.92 Å². The van der Waals surface area contributed by atoms with E-state index in [1.54, 1.807) is 6.92 Å². The number of hydrogen-bond acceptors (Lipinski definition) is 3. The van der Waals surface area contributed by atoms with Gasteiger partial charge in [-0.05, 0) is 26.3 Å². The third-order valence-corrected chi connectivity index (χ3v) is 2.50. The third kappa shape index (κ3) is 4.19. The SMILES string of the molecule is C[C@@H](C(=O)OC(C)(C)C)[C@H](N)c1ccccc1. The van der Waals surface area contributed by atoms with E-state index in [2.05, 4.69) is 0 Å². The Morgan fingerprint density at radius 2 is 1.76 bits per heavy atom. The van der Waals surface area contributed by atoms with Crippen LogP contribution in [-0.4, -0.2) is 11.6 Å². The van der Waals surface area contributed by atoms with Crippen LogP contribution in [0.1, 0.15) is 39.3 Å². The Kier molecular flexibility index (Phi) is 4.29. The lowest BCUT2D eigenvalue weighted by Crippen LogP contribution is -2.33. The van der Waals surface area contributed by atoms with E-state index in [1.165, 1.54) is 0 Å². The summed E-state index contributed by atoms with van der Waals surface area (Å²) in [5.41, 5.74) is 6.54. The standard InChI is InChI=1S/C14H21NO2/c1-10(13(16)17-14(2,3)4)12(15)11-8-6-5-7-9-11/h5-10,12H,15H2,1-4H3/t10-,12+/m1/s1. The maximum atomic E-state index is 11.9. The summed E-state index contributed by atoms with van der Waals surface area (Å²) in [6, 6.07) is 9.27. The lowest BCUT2D eigenvalue weighted by Gasteiger charge is -2.25. The van der Waals surface area contributed by atoms with E-state index >= 15 is 0 Å². The van der Waals surface area contributed by atoms with Gasteiger partial charge in [0.15, 0.2) is 0 Å². The summed E-state index contributed by atoms with van der Waals surface area (Å²) in [6.45, 7) is 7.36. The monoisotopic (exact) mass is 235 g/mol. The smallest absolute Gasteiger partial charge is 0.311 e. The summed E-state index contributed by atoms with van der Waals surface area (Å²) in [5, 5.41) is 0. The molecule has 1 aromatic carbocycles. The Bertz CT molecular complexity index is 368. The quantitative estimate of drug-likeness (QED) is 0.819. The van der Waals surface area contributed by atoms with Crippen molar-refractivity contribution in [2.24, 2.45) is 11.7 Å². The van der Waals surface area contributed by atoms with Crippen LogP contribution in [0.3, 0.4) is 0 Å². The first-order valence-corrected chi connectivity index (χ1v) is 5.84. The molecule has 0 fully saturated rings. The van der Waals surface area contributed by atoms with Crippen molar-refractivity contribution in [1.82, 2.24) is 0 Å². The highest BCUT2D eigenvalue weighted by atomic mass is 16.6. The molecule has 94 valence electrons. The van der Waals surface area contributed by atoms with Gasteiger partial charge >= 0.3 is 5.97 Å². The lowest BCUT2D eigenvalue weighted by atomic mass is 9.95. The molecule has 0 aromatic heterocycles. The zero-order valence-electron chi connectivity index (χ0n) is 10.9. The molecular weight excluding hydrogens is 214 g/mol. The zero-order chi connectivity index (χ0) is 13.1. The van der Waals surface area contributed by atoms with Crippen LogP contribution in [0.15, 0.2) is 30.3 Å². The topological polar surface area (TPSA) is 52.3 Å². The summed E-state index contributed by atoms with van der Waals surface area (Å²) >= 11 is 0. The minimum Gasteiger partial charge on any atom is -0.460 e. The average molecular weight is 235 g/mol. The van der Waals surface area contributed by atoms with Gasteiger partial charge in [-0.15, -0.1) is 0 Å². The number of carbonyl (C=O) groups excluding carboxylic acids is 1. The minimum absolute atomic E-state index is 0.256. The zero-order valence-corrected chi connectivity index (χ0v) is 10.9. The summed E-state index contributed by atoms with van der Waals surface area (Å²) in [6.07, 6.45) is 0. The van der Waals surface area contributed by atoms with E-state index in [0.29, 0.717) is 0 Å². The van der Waals surface area contributed by atoms with E-state index in [1.807, 2.05) is 51.1 Å². The fourth-order valence-corrected chi connectivity index (χ4v) is 1.51. The normalized spacial score (nSPS) is 15.1. The molecule has 2 N–H and O–H groups in total.